The van der Waals surface area contributed by atoms with E-state index < -0.39 is 35.5 Å². The number of nitro groups is 1. The molecule has 43 heavy (non-hydrogen) atoms. The third-order valence-electron chi connectivity index (χ3n) is 6.08. The average molecular weight is 612 g/mol. The number of nitrogens with zero attached hydrogens (tertiary/aromatic N) is 2. The van der Waals surface area contributed by atoms with Gasteiger partial charge in [0.1, 0.15) is 11.5 Å². The van der Waals surface area contributed by atoms with Crippen molar-refractivity contribution in [2.24, 2.45) is 5.10 Å². The van der Waals surface area contributed by atoms with Gasteiger partial charge in [0.05, 0.1) is 41.5 Å². The molecule has 0 unspecified atom stereocenters. The van der Waals surface area contributed by atoms with Crippen LogP contribution in [0.4, 0.5) is 10.5 Å². The average Bonchev–Trinajstić information content (AvgIpc) is 3.44. The van der Waals surface area contributed by atoms with Crippen molar-refractivity contribution >= 4 is 41.4 Å². The van der Waals surface area contributed by atoms with Gasteiger partial charge in [0.25, 0.3) is 11.6 Å². The molecule has 1 aromatic heterocycles. The molecule has 14 nitrogen and oxygen atoms in total. The molecule has 0 bridgehead atoms. The van der Waals surface area contributed by atoms with Crippen LogP contribution in [0, 0.1) is 10.1 Å². The molecule has 1 aliphatic rings. The molecule has 3 amide bonds. The highest BCUT2D eigenvalue weighted by atomic mass is 35.5. The van der Waals surface area contributed by atoms with E-state index in [0.717, 1.165) is 0 Å². The Morgan fingerprint density at radius 3 is 2.67 bits per heavy atom. The molecule has 15 heteroatoms. The van der Waals surface area contributed by atoms with Crippen LogP contribution in [-0.4, -0.2) is 49.4 Å². The summed E-state index contributed by atoms with van der Waals surface area (Å²) in [6, 6.07) is 10.7. The summed E-state index contributed by atoms with van der Waals surface area (Å²) in [6.45, 7) is 3.04. The normalized spacial score (nSPS) is 14.6. The molecule has 4 rings (SSSR count). The molecule has 0 saturated carbocycles. The van der Waals surface area contributed by atoms with Crippen molar-refractivity contribution in [2.45, 2.75) is 19.9 Å². The predicted octanol–water partition coefficient (Wildman–Crippen LogP) is 4.24. The molecular weight excluding hydrogens is 586 g/mol. The Bertz CT molecular complexity index is 1630. The number of non-ortho nitro benzene ring substituents is 1. The molecule has 0 aliphatic carbocycles. The zero-order valence-electron chi connectivity index (χ0n) is 23.1. The monoisotopic (exact) mass is 611 g/mol. The van der Waals surface area contributed by atoms with E-state index >= 15 is 0 Å². The third-order valence-corrected chi connectivity index (χ3v) is 6.39. The standard InChI is InChI=1S/C28H26ClN5O9/c1-4-41-27(36)25-15(2)31-28(37)32-26(25)16-5-9-22(23(11-16)40-3)42-14-24(35)33-30-13-18-7-10-21(43-18)19-8-6-17(34(38)39)12-20(19)29/h5-13,26H,4,14H2,1-3H3,(H,33,35)(H2,31,32,37)/b30-13-/t26-/m1/s1. The Balaban J connectivity index is 1.37. The number of amides is 3. The van der Waals surface area contributed by atoms with Gasteiger partial charge in [0.2, 0.25) is 0 Å². The first kappa shape index (κ1) is 30.6. The van der Waals surface area contributed by atoms with Crippen LogP contribution in [0.1, 0.15) is 31.2 Å². The van der Waals surface area contributed by atoms with Crippen LogP contribution in [0.3, 0.4) is 0 Å². The lowest BCUT2D eigenvalue weighted by Gasteiger charge is -2.28. The van der Waals surface area contributed by atoms with Crippen molar-refractivity contribution in [3.05, 3.63) is 86.3 Å². The van der Waals surface area contributed by atoms with Crippen molar-refractivity contribution < 1.29 is 37.9 Å². The van der Waals surface area contributed by atoms with Crippen LogP contribution in [0.25, 0.3) is 11.3 Å². The SMILES string of the molecule is CCOC(=O)C1=C(C)NC(=O)N[C@@H]1c1ccc(OCC(=O)N/N=C\c2ccc(-c3ccc([N+](=O)[O-])cc3Cl)o2)c(OC)c1. The van der Waals surface area contributed by atoms with Crippen molar-refractivity contribution in [2.75, 3.05) is 20.3 Å². The lowest BCUT2D eigenvalue weighted by Crippen LogP contribution is -2.45. The van der Waals surface area contributed by atoms with Gasteiger partial charge in [-0.1, -0.05) is 17.7 Å². The van der Waals surface area contributed by atoms with Crippen molar-refractivity contribution in [1.29, 1.82) is 0 Å². The van der Waals surface area contributed by atoms with Crippen LogP contribution < -0.4 is 25.5 Å². The number of esters is 1. The van der Waals surface area contributed by atoms with Gasteiger partial charge in [0.15, 0.2) is 18.1 Å². The first-order valence-electron chi connectivity index (χ1n) is 12.7. The van der Waals surface area contributed by atoms with Gasteiger partial charge in [-0.05, 0) is 49.7 Å². The molecule has 1 atom stereocenters. The highest BCUT2D eigenvalue weighted by Crippen LogP contribution is 2.35. The first-order valence-corrected chi connectivity index (χ1v) is 13.1. The van der Waals surface area contributed by atoms with Gasteiger partial charge in [0, 0.05) is 23.4 Å². The second-order valence-electron chi connectivity index (χ2n) is 8.91. The minimum Gasteiger partial charge on any atom is -0.493 e. The lowest BCUT2D eigenvalue weighted by atomic mass is 9.95. The lowest BCUT2D eigenvalue weighted by molar-refractivity contribution is -0.384. The number of hydrazone groups is 1. The number of carbonyl (C=O) groups is 3. The smallest absolute Gasteiger partial charge is 0.338 e. The molecule has 1 aliphatic heterocycles. The predicted molar refractivity (Wildman–Crippen MR) is 154 cm³/mol. The number of nitrogens with one attached hydrogen (secondary N) is 3. The Hall–Kier alpha value is -5.37. The number of carbonyl (C=O) groups excluding carboxylic acids is 3. The van der Waals surface area contributed by atoms with Crippen molar-refractivity contribution in [3.8, 4) is 22.8 Å². The quantitative estimate of drug-likeness (QED) is 0.123. The molecule has 3 N–H and O–H groups in total. The van der Waals surface area contributed by atoms with E-state index in [1.165, 1.54) is 31.5 Å². The largest absolute Gasteiger partial charge is 0.493 e. The Kier molecular flexibility index (Phi) is 9.62. The molecule has 0 radical (unpaired) electrons. The summed E-state index contributed by atoms with van der Waals surface area (Å²) in [5, 5.41) is 20.2. The Labute approximate surface area is 249 Å². The number of ether oxygens (including phenoxy) is 3. The second-order valence-corrected chi connectivity index (χ2v) is 9.31. The van der Waals surface area contributed by atoms with Gasteiger partial charge in [-0.15, -0.1) is 0 Å². The van der Waals surface area contributed by atoms with Gasteiger partial charge in [-0.3, -0.25) is 14.9 Å². The molecule has 224 valence electrons. The number of urea groups is 1. The number of furan rings is 1. The van der Waals surface area contributed by atoms with Crippen LogP contribution in [0.2, 0.25) is 5.02 Å². The van der Waals surface area contributed by atoms with Crippen molar-refractivity contribution in [1.82, 2.24) is 16.1 Å². The summed E-state index contributed by atoms with van der Waals surface area (Å²) in [4.78, 5) is 47.4. The summed E-state index contributed by atoms with van der Waals surface area (Å²) in [6.07, 6.45) is 1.26. The van der Waals surface area contributed by atoms with Gasteiger partial charge in [-0.25, -0.2) is 15.0 Å². The summed E-state index contributed by atoms with van der Waals surface area (Å²) in [7, 11) is 1.41. The van der Waals surface area contributed by atoms with Gasteiger partial charge >= 0.3 is 12.0 Å². The number of rotatable bonds is 11. The number of halogens is 1. The van der Waals surface area contributed by atoms with Crippen LogP contribution in [0.5, 0.6) is 11.5 Å². The summed E-state index contributed by atoms with van der Waals surface area (Å²) >= 11 is 6.14. The topological polar surface area (TPSA) is 184 Å². The van der Waals surface area contributed by atoms with E-state index in [4.69, 9.17) is 30.2 Å². The zero-order chi connectivity index (χ0) is 31.1. The minimum atomic E-state index is -0.799. The van der Waals surface area contributed by atoms with Gasteiger partial charge in [-0.2, -0.15) is 5.10 Å². The summed E-state index contributed by atoms with van der Waals surface area (Å²) < 4.78 is 21.8. The number of allylic oxidation sites excluding steroid dienone is 1. The fourth-order valence-electron chi connectivity index (χ4n) is 4.13. The minimum absolute atomic E-state index is 0.146. The number of hydrogen-bond acceptors (Lipinski definition) is 10. The van der Waals surface area contributed by atoms with E-state index in [2.05, 4.69) is 21.2 Å². The number of nitro benzene ring substituents is 1. The third kappa shape index (κ3) is 7.29. The highest BCUT2D eigenvalue weighted by Gasteiger charge is 2.32. The number of benzene rings is 2. The molecular formula is C28H26ClN5O9. The summed E-state index contributed by atoms with van der Waals surface area (Å²) in [5.74, 6) is -0.0126. The zero-order valence-corrected chi connectivity index (χ0v) is 23.9. The summed E-state index contributed by atoms with van der Waals surface area (Å²) in [5.41, 5.74) is 3.76. The number of methoxy groups -OCH3 is 1. The molecule has 0 fully saturated rings. The molecule has 3 aromatic rings. The van der Waals surface area contributed by atoms with Crippen LogP contribution in [-0.2, 0) is 14.3 Å². The van der Waals surface area contributed by atoms with Crippen LogP contribution in [0.15, 0.2) is 69.3 Å². The van der Waals surface area contributed by atoms with E-state index in [9.17, 15) is 24.5 Å². The molecule has 2 aromatic carbocycles. The first-order chi connectivity index (χ1) is 20.6. The fraction of sp³-hybridized carbons (Fsp3) is 0.214. The molecule has 0 spiro atoms. The Morgan fingerprint density at radius 1 is 1.19 bits per heavy atom. The maximum atomic E-state index is 12.6. The van der Waals surface area contributed by atoms with E-state index in [1.807, 2.05) is 0 Å². The van der Waals surface area contributed by atoms with Crippen molar-refractivity contribution in [3.63, 3.8) is 0 Å². The Morgan fingerprint density at radius 2 is 1.98 bits per heavy atom. The van der Waals surface area contributed by atoms with E-state index in [-0.39, 0.29) is 34.4 Å². The molecule has 2 heterocycles. The fourth-order valence-corrected chi connectivity index (χ4v) is 4.40. The van der Waals surface area contributed by atoms with Gasteiger partial charge < -0.3 is 29.3 Å². The maximum Gasteiger partial charge on any atom is 0.338 e. The highest BCUT2D eigenvalue weighted by molar-refractivity contribution is 6.33. The van der Waals surface area contributed by atoms with E-state index in [1.54, 1.807) is 44.2 Å². The van der Waals surface area contributed by atoms with E-state index in [0.29, 0.717) is 28.3 Å². The van der Waals surface area contributed by atoms with Crippen LogP contribution >= 0.6 is 11.6 Å². The maximum absolute atomic E-state index is 12.6. The second kappa shape index (κ2) is 13.5. The molecule has 0 saturated heterocycles. The number of hydrogen-bond donors (Lipinski definition) is 3.